The zero-order chi connectivity index (χ0) is 17.3. The first-order chi connectivity index (χ1) is 11.4. The Hall–Kier alpha value is -1.64. The summed E-state index contributed by atoms with van der Waals surface area (Å²) < 4.78 is 32.4. The van der Waals surface area contributed by atoms with Crippen LogP contribution in [-0.4, -0.2) is 49.7 Å². The number of rotatable bonds is 3. The summed E-state index contributed by atoms with van der Waals surface area (Å²) in [4.78, 5) is 16.2. The normalized spacial score (nSPS) is 17.0. The van der Waals surface area contributed by atoms with Gasteiger partial charge < -0.3 is 9.32 Å². The molecule has 0 unspecified atom stereocenters. The number of thiophene rings is 1. The van der Waals surface area contributed by atoms with Crippen LogP contribution in [0.3, 0.4) is 0 Å². The monoisotopic (exact) mass is 368 g/mol. The van der Waals surface area contributed by atoms with Crippen molar-refractivity contribution in [1.82, 2.24) is 9.21 Å². The van der Waals surface area contributed by atoms with E-state index in [1.54, 1.807) is 23.1 Å². The highest BCUT2D eigenvalue weighted by Crippen LogP contribution is 2.28. The number of hydrogen-bond acceptors (Lipinski definition) is 5. The van der Waals surface area contributed by atoms with Crippen molar-refractivity contribution in [2.75, 3.05) is 26.2 Å². The first kappa shape index (κ1) is 17.2. The van der Waals surface area contributed by atoms with E-state index in [4.69, 9.17) is 4.42 Å². The number of nitrogens with zero attached hydrogens (tertiary/aromatic N) is 2. The molecule has 3 heterocycles. The topological polar surface area (TPSA) is 70.8 Å². The van der Waals surface area contributed by atoms with E-state index >= 15 is 0 Å². The molecule has 24 heavy (non-hydrogen) atoms. The molecule has 0 atom stereocenters. The summed E-state index contributed by atoms with van der Waals surface area (Å²) in [5.74, 6) is 0.0948. The lowest BCUT2D eigenvalue weighted by atomic mass is 10.3. The summed E-state index contributed by atoms with van der Waals surface area (Å²) in [6, 6.07) is 5.02. The predicted molar refractivity (Wildman–Crippen MR) is 91.8 cm³/mol. The van der Waals surface area contributed by atoms with Crippen molar-refractivity contribution in [2.45, 2.75) is 25.2 Å². The molecule has 3 rings (SSSR count). The molecule has 1 saturated heterocycles. The van der Waals surface area contributed by atoms with Crippen LogP contribution in [0, 0.1) is 13.8 Å². The Balaban J connectivity index is 1.76. The summed E-state index contributed by atoms with van der Waals surface area (Å²) in [5.41, 5.74) is 0. The second-order valence-electron chi connectivity index (χ2n) is 5.80. The third-order valence-corrected chi connectivity index (χ3v) is 7.21. The highest BCUT2D eigenvalue weighted by Gasteiger charge is 2.30. The smallest absolute Gasteiger partial charge is 0.289 e. The average Bonchev–Trinajstić information content (AvgIpc) is 3.10. The van der Waals surface area contributed by atoms with Crippen molar-refractivity contribution in [2.24, 2.45) is 0 Å². The van der Waals surface area contributed by atoms with Crippen LogP contribution in [0.4, 0.5) is 0 Å². The molecule has 0 saturated carbocycles. The van der Waals surface area contributed by atoms with Crippen LogP contribution in [0.5, 0.6) is 0 Å². The quantitative estimate of drug-likeness (QED) is 0.834. The third-order valence-electron chi connectivity index (χ3n) is 4.09. The number of furan rings is 1. The molecule has 2 aromatic rings. The second kappa shape index (κ2) is 6.70. The van der Waals surface area contributed by atoms with E-state index in [0.29, 0.717) is 37.5 Å². The van der Waals surface area contributed by atoms with Gasteiger partial charge in [0.05, 0.1) is 11.2 Å². The zero-order valence-electron chi connectivity index (χ0n) is 13.7. The Morgan fingerprint density at radius 3 is 2.62 bits per heavy atom. The van der Waals surface area contributed by atoms with E-state index in [1.165, 1.54) is 21.9 Å². The molecule has 0 radical (unpaired) electrons. The number of hydrogen-bond donors (Lipinski definition) is 0. The number of carbonyl (C=O) groups excluding carboxylic acids is 1. The standard InChI is InChI=1S/C16H20N2O4S2/c1-12-11-15(13(2)23-12)24(20,21)18-7-4-6-17(8-9-18)16(19)14-5-3-10-22-14/h3,5,10-11H,4,6-9H2,1-2H3. The molecule has 0 bridgehead atoms. The molecule has 1 fully saturated rings. The minimum Gasteiger partial charge on any atom is -0.459 e. The molecule has 1 aliphatic heterocycles. The van der Waals surface area contributed by atoms with Crippen molar-refractivity contribution in [3.8, 4) is 0 Å². The summed E-state index contributed by atoms with van der Waals surface area (Å²) in [6.45, 7) is 5.33. The lowest BCUT2D eigenvalue weighted by Gasteiger charge is -2.21. The van der Waals surface area contributed by atoms with Gasteiger partial charge in [-0.3, -0.25) is 4.79 Å². The molecular weight excluding hydrogens is 348 g/mol. The summed E-state index contributed by atoms with van der Waals surface area (Å²) in [6.07, 6.45) is 2.07. The predicted octanol–water partition coefficient (Wildman–Crippen LogP) is 2.49. The maximum absolute atomic E-state index is 12.9. The Morgan fingerprint density at radius 2 is 2.00 bits per heavy atom. The van der Waals surface area contributed by atoms with Crippen molar-refractivity contribution in [1.29, 1.82) is 0 Å². The van der Waals surface area contributed by atoms with E-state index in [2.05, 4.69) is 0 Å². The average molecular weight is 368 g/mol. The van der Waals surface area contributed by atoms with Gasteiger partial charge in [-0.1, -0.05) is 0 Å². The molecule has 1 aliphatic rings. The number of carbonyl (C=O) groups is 1. The van der Waals surface area contributed by atoms with Gasteiger partial charge in [0.2, 0.25) is 10.0 Å². The van der Waals surface area contributed by atoms with Gasteiger partial charge in [0, 0.05) is 35.9 Å². The van der Waals surface area contributed by atoms with Crippen molar-refractivity contribution in [3.63, 3.8) is 0 Å². The van der Waals surface area contributed by atoms with Crippen LogP contribution in [0.2, 0.25) is 0 Å². The molecular formula is C16H20N2O4S2. The van der Waals surface area contributed by atoms with Crippen LogP contribution in [0.15, 0.2) is 33.8 Å². The van der Waals surface area contributed by atoms with Gasteiger partial charge >= 0.3 is 0 Å². The maximum Gasteiger partial charge on any atom is 0.289 e. The third kappa shape index (κ3) is 3.26. The van der Waals surface area contributed by atoms with Crippen LogP contribution in [0.25, 0.3) is 0 Å². The van der Waals surface area contributed by atoms with Crippen LogP contribution in [0.1, 0.15) is 26.7 Å². The number of sulfonamides is 1. The van der Waals surface area contributed by atoms with E-state index < -0.39 is 10.0 Å². The largest absolute Gasteiger partial charge is 0.459 e. The van der Waals surface area contributed by atoms with E-state index in [9.17, 15) is 13.2 Å². The van der Waals surface area contributed by atoms with E-state index in [0.717, 1.165) is 9.75 Å². The van der Waals surface area contributed by atoms with Gasteiger partial charge in [-0.25, -0.2) is 8.42 Å². The maximum atomic E-state index is 12.9. The van der Waals surface area contributed by atoms with Gasteiger partial charge in [0.15, 0.2) is 5.76 Å². The Bertz CT molecular complexity index is 824. The summed E-state index contributed by atoms with van der Waals surface area (Å²) in [5, 5.41) is 0. The summed E-state index contributed by atoms with van der Waals surface area (Å²) >= 11 is 1.49. The van der Waals surface area contributed by atoms with Crippen molar-refractivity contribution >= 4 is 27.3 Å². The van der Waals surface area contributed by atoms with Crippen molar-refractivity contribution < 1.29 is 17.6 Å². The lowest BCUT2D eigenvalue weighted by molar-refractivity contribution is 0.0732. The Morgan fingerprint density at radius 1 is 1.21 bits per heavy atom. The van der Waals surface area contributed by atoms with Gasteiger partial charge in [0.25, 0.3) is 5.91 Å². The van der Waals surface area contributed by atoms with Gasteiger partial charge in [-0.15, -0.1) is 11.3 Å². The van der Waals surface area contributed by atoms with Crippen molar-refractivity contribution in [3.05, 3.63) is 40.0 Å². The summed E-state index contributed by atoms with van der Waals surface area (Å²) in [7, 11) is -3.52. The highest BCUT2D eigenvalue weighted by atomic mass is 32.2. The molecule has 0 aromatic carbocycles. The minimum atomic E-state index is -3.52. The number of amides is 1. The van der Waals surface area contributed by atoms with Gasteiger partial charge in [-0.05, 0) is 38.5 Å². The first-order valence-electron chi connectivity index (χ1n) is 7.79. The molecule has 6 nitrogen and oxygen atoms in total. The molecule has 8 heteroatoms. The Labute approximate surface area is 145 Å². The van der Waals surface area contributed by atoms with E-state index in [-0.39, 0.29) is 11.7 Å². The molecule has 0 spiro atoms. The molecule has 1 amide bonds. The first-order valence-corrected chi connectivity index (χ1v) is 10.1. The molecule has 2 aromatic heterocycles. The highest BCUT2D eigenvalue weighted by molar-refractivity contribution is 7.89. The van der Waals surface area contributed by atoms with Crippen LogP contribution < -0.4 is 0 Å². The lowest BCUT2D eigenvalue weighted by Crippen LogP contribution is -2.37. The zero-order valence-corrected chi connectivity index (χ0v) is 15.3. The minimum absolute atomic E-state index is 0.193. The van der Waals surface area contributed by atoms with Crippen LogP contribution >= 0.6 is 11.3 Å². The Kier molecular flexibility index (Phi) is 4.80. The fourth-order valence-electron chi connectivity index (χ4n) is 2.90. The molecule has 130 valence electrons. The fourth-order valence-corrected chi connectivity index (χ4v) is 5.89. The SMILES string of the molecule is Cc1cc(S(=O)(=O)N2CCCN(C(=O)c3ccco3)CC2)c(C)s1. The molecule has 0 aliphatic carbocycles. The van der Waals surface area contributed by atoms with E-state index in [1.807, 2.05) is 13.8 Å². The van der Waals surface area contributed by atoms with Gasteiger partial charge in [-0.2, -0.15) is 4.31 Å². The fraction of sp³-hybridized carbons (Fsp3) is 0.438. The van der Waals surface area contributed by atoms with Gasteiger partial charge in [0.1, 0.15) is 0 Å². The van der Waals surface area contributed by atoms with Crippen LogP contribution in [-0.2, 0) is 10.0 Å². The molecule has 0 N–H and O–H groups in total. The number of aryl methyl sites for hydroxylation is 2. The second-order valence-corrected chi connectivity index (χ2v) is 9.17.